The number of amides is 1. The van der Waals surface area contributed by atoms with Gasteiger partial charge in [-0.25, -0.2) is 0 Å². The number of fused-ring (bicyclic) bond motifs is 1. The molecule has 2 aromatic rings. The van der Waals surface area contributed by atoms with Crippen molar-refractivity contribution in [3.8, 4) is 17.6 Å². The fourth-order valence-corrected chi connectivity index (χ4v) is 3.47. The lowest BCUT2D eigenvalue weighted by Crippen LogP contribution is -2.34. The Bertz CT molecular complexity index is 861. The van der Waals surface area contributed by atoms with E-state index in [4.69, 9.17) is 26.3 Å². The number of carbonyl (C=O) groups excluding carboxylic acids is 1. The van der Waals surface area contributed by atoms with Crippen LogP contribution in [0, 0.1) is 11.3 Å². The van der Waals surface area contributed by atoms with Gasteiger partial charge in [-0.3, -0.25) is 4.79 Å². The summed E-state index contributed by atoms with van der Waals surface area (Å²) in [5.41, 5.74) is 2.81. The van der Waals surface area contributed by atoms with Crippen molar-refractivity contribution in [2.45, 2.75) is 25.3 Å². The summed E-state index contributed by atoms with van der Waals surface area (Å²) in [5.74, 6) is 0.353. The maximum Gasteiger partial charge on any atom is 0.258 e. The van der Waals surface area contributed by atoms with Gasteiger partial charge in [0, 0.05) is 6.07 Å². The zero-order valence-electron chi connectivity index (χ0n) is 14.4. The monoisotopic (exact) mass is 370 g/mol. The number of nitrogens with zero attached hydrogens (tertiary/aromatic N) is 1. The number of nitriles is 1. The van der Waals surface area contributed by atoms with E-state index in [1.165, 1.54) is 30.4 Å². The molecule has 0 saturated heterocycles. The fourth-order valence-electron chi connectivity index (χ4n) is 3.20. The van der Waals surface area contributed by atoms with Crippen molar-refractivity contribution >= 4 is 17.5 Å². The highest BCUT2D eigenvalue weighted by Gasteiger charge is 2.22. The number of nitrogens with one attached hydrogen (secondary N) is 1. The Hall–Kier alpha value is -2.71. The smallest absolute Gasteiger partial charge is 0.258 e. The molecule has 1 amide bonds. The van der Waals surface area contributed by atoms with Gasteiger partial charge >= 0.3 is 0 Å². The van der Waals surface area contributed by atoms with Crippen LogP contribution in [-0.4, -0.2) is 19.6 Å². The van der Waals surface area contributed by atoms with Gasteiger partial charge in [-0.1, -0.05) is 35.9 Å². The van der Waals surface area contributed by atoms with Crippen molar-refractivity contribution in [3.05, 3.63) is 58.1 Å². The number of aryl methyl sites for hydroxylation is 1. The third-order valence-electron chi connectivity index (χ3n) is 4.41. The third-order valence-corrected chi connectivity index (χ3v) is 4.69. The topological polar surface area (TPSA) is 71.3 Å². The standard InChI is InChI=1S/C20H19ClN2O3/c1-25-18-10-13(11-22)9-16(21)20(18)26-12-19(24)23-17-8-4-6-14-5-2-3-7-15(14)17/h2-3,5,7,9-10,17H,4,6,8,12H2,1H3,(H,23,24)/t17-/m0/s1. The van der Waals surface area contributed by atoms with Gasteiger partial charge in [-0.15, -0.1) is 0 Å². The van der Waals surface area contributed by atoms with Gasteiger partial charge < -0.3 is 14.8 Å². The Balaban J connectivity index is 1.67. The minimum atomic E-state index is -0.228. The summed E-state index contributed by atoms with van der Waals surface area (Å²) in [4.78, 5) is 12.4. The van der Waals surface area contributed by atoms with Gasteiger partial charge in [-0.2, -0.15) is 5.26 Å². The first-order valence-electron chi connectivity index (χ1n) is 8.40. The lowest BCUT2D eigenvalue weighted by Gasteiger charge is -2.26. The van der Waals surface area contributed by atoms with Crippen LogP contribution in [0.5, 0.6) is 11.5 Å². The minimum Gasteiger partial charge on any atom is -0.493 e. The zero-order chi connectivity index (χ0) is 18.5. The van der Waals surface area contributed by atoms with Gasteiger partial charge in [0.05, 0.1) is 29.8 Å². The number of carbonyl (C=O) groups is 1. The van der Waals surface area contributed by atoms with Crippen LogP contribution in [0.25, 0.3) is 0 Å². The Labute approximate surface area is 157 Å². The highest BCUT2D eigenvalue weighted by atomic mass is 35.5. The molecule has 0 fully saturated rings. The Morgan fingerprint density at radius 1 is 1.38 bits per heavy atom. The quantitative estimate of drug-likeness (QED) is 0.869. The van der Waals surface area contributed by atoms with E-state index in [1.807, 2.05) is 18.2 Å². The molecule has 0 bridgehead atoms. The van der Waals surface area contributed by atoms with E-state index in [-0.39, 0.29) is 29.3 Å². The Morgan fingerprint density at radius 2 is 2.19 bits per heavy atom. The van der Waals surface area contributed by atoms with Gasteiger partial charge in [0.1, 0.15) is 0 Å². The van der Waals surface area contributed by atoms with Crippen LogP contribution >= 0.6 is 11.6 Å². The molecule has 1 N–H and O–H groups in total. The SMILES string of the molecule is COc1cc(C#N)cc(Cl)c1OCC(=O)N[C@H]1CCCc2ccccc21. The maximum absolute atomic E-state index is 12.4. The number of ether oxygens (including phenoxy) is 2. The molecule has 1 aliphatic rings. The molecule has 0 spiro atoms. The third kappa shape index (κ3) is 3.92. The van der Waals surface area contributed by atoms with Gasteiger partial charge in [0.15, 0.2) is 18.1 Å². The van der Waals surface area contributed by atoms with Crippen molar-refractivity contribution in [2.24, 2.45) is 0 Å². The van der Waals surface area contributed by atoms with Crippen molar-refractivity contribution in [3.63, 3.8) is 0 Å². The molecule has 6 heteroatoms. The van der Waals surface area contributed by atoms with Crippen LogP contribution in [-0.2, 0) is 11.2 Å². The molecule has 0 unspecified atom stereocenters. The first kappa shape index (κ1) is 18.1. The molecule has 0 aliphatic heterocycles. The fraction of sp³-hybridized carbons (Fsp3) is 0.300. The predicted molar refractivity (Wildman–Crippen MR) is 98.5 cm³/mol. The highest BCUT2D eigenvalue weighted by Crippen LogP contribution is 2.36. The van der Waals surface area contributed by atoms with E-state index < -0.39 is 0 Å². The Kier molecular flexibility index (Phi) is 5.65. The molecule has 1 aliphatic carbocycles. The predicted octanol–water partition coefficient (Wildman–Crippen LogP) is 3.79. The van der Waals surface area contributed by atoms with Crippen molar-refractivity contribution in [1.29, 1.82) is 5.26 Å². The minimum absolute atomic E-state index is 0.00520. The summed E-state index contributed by atoms with van der Waals surface area (Å²) < 4.78 is 10.8. The van der Waals surface area contributed by atoms with E-state index in [2.05, 4.69) is 17.4 Å². The number of hydrogen-bond acceptors (Lipinski definition) is 4. The molecule has 1 atom stereocenters. The van der Waals surface area contributed by atoms with Gasteiger partial charge in [-0.05, 0) is 36.5 Å². The molecule has 5 nitrogen and oxygen atoms in total. The van der Waals surface area contributed by atoms with Crippen LogP contribution in [0.4, 0.5) is 0 Å². The molecule has 26 heavy (non-hydrogen) atoms. The average Bonchev–Trinajstić information content (AvgIpc) is 2.66. The average molecular weight is 371 g/mol. The summed E-state index contributed by atoms with van der Waals surface area (Å²) in [6.07, 6.45) is 2.98. The summed E-state index contributed by atoms with van der Waals surface area (Å²) in [5, 5.41) is 12.2. The van der Waals surface area contributed by atoms with Gasteiger partial charge in [0.25, 0.3) is 5.91 Å². The second kappa shape index (κ2) is 8.11. The number of hydrogen-bond donors (Lipinski definition) is 1. The molecule has 0 saturated carbocycles. The van der Waals surface area contributed by atoms with Crippen molar-refractivity contribution in [2.75, 3.05) is 13.7 Å². The lowest BCUT2D eigenvalue weighted by atomic mass is 9.88. The Morgan fingerprint density at radius 3 is 2.96 bits per heavy atom. The van der Waals surface area contributed by atoms with Gasteiger partial charge in [0.2, 0.25) is 0 Å². The largest absolute Gasteiger partial charge is 0.493 e. The number of methoxy groups -OCH3 is 1. The maximum atomic E-state index is 12.4. The first-order chi connectivity index (χ1) is 12.6. The van der Waals surface area contributed by atoms with E-state index in [1.54, 1.807) is 0 Å². The van der Waals surface area contributed by atoms with E-state index in [0.717, 1.165) is 19.3 Å². The molecule has 0 aromatic heterocycles. The molecule has 0 radical (unpaired) electrons. The molecule has 3 rings (SSSR count). The second-order valence-corrected chi connectivity index (χ2v) is 6.51. The van der Waals surface area contributed by atoms with E-state index in [9.17, 15) is 4.79 Å². The normalized spacial score (nSPS) is 15.5. The number of benzene rings is 2. The van der Waals surface area contributed by atoms with Crippen LogP contribution in [0.2, 0.25) is 5.02 Å². The summed E-state index contributed by atoms with van der Waals surface area (Å²) in [6, 6.07) is 13.2. The second-order valence-electron chi connectivity index (χ2n) is 6.10. The molecule has 2 aromatic carbocycles. The summed E-state index contributed by atoms with van der Waals surface area (Å²) >= 11 is 6.15. The van der Waals surface area contributed by atoms with Crippen molar-refractivity contribution in [1.82, 2.24) is 5.32 Å². The summed E-state index contributed by atoms with van der Waals surface area (Å²) in [6.45, 7) is -0.180. The molecule has 0 heterocycles. The van der Waals surface area contributed by atoms with Crippen LogP contribution in [0.3, 0.4) is 0 Å². The zero-order valence-corrected chi connectivity index (χ0v) is 15.2. The van der Waals surface area contributed by atoms with Crippen LogP contribution in [0.15, 0.2) is 36.4 Å². The van der Waals surface area contributed by atoms with Crippen LogP contribution in [0.1, 0.15) is 35.6 Å². The molecular weight excluding hydrogens is 352 g/mol. The van der Waals surface area contributed by atoms with Crippen molar-refractivity contribution < 1.29 is 14.3 Å². The summed E-state index contributed by atoms with van der Waals surface area (Å²) in [7, 11) is 1.46. The van der Waals surface area contributed by atoms with E-state index >= 15 is 0 Å². The van der Waals surface area contributed by atoms with Crippen LogP contribution < -0.4 is 14.8 Å². The lowest BCUT2D eigenvalue weighted by molar-refractivity contribution is -0.124. The highest BCUT2D eigenvalue weighted by molar-refractivity contribution is 6.32. The number of halogens is 1. The number of rotatable bonds is 5. The van der Waals surface area contributed by atoms with E-state index in [0.29, 0.717) is 11.3 Å². The molecule has 134 valence electrons. The first-order valence-corrected chi connectivity index (χ1v) is 8.77. The molecular formula is C20H19ClN2O3.